The number of carbonyl (C=O) groups is 2. The van der Waals surface area contributed by atoms with Gasteiger partial charge in [-0.25, -0.2) is 4.98 Å². The number of benzene rings is 2. The molecule has 2 aromatic carbocycles. The van der Waals surface area contributed by atoms with Crippen LogP contribution in [0.25, 0.3) is 11.0 Å². The molecule has 152 valence electrons. The molecule has 29 heavy (non-hydrogen) atoms. The van der Waals surface area contributed by atoms with Crippen LogP contribution in [0.5, 0.6) is 5.75 Å². The summed E-state index contributed by atoms with van der Waals surface area (Å²) in [4.78, 5) is 28.8. The second kappa shape index (κ2) is 9.73. The molecule has 0 bridgehead atoms. The minimum Gasteiger partial charge on any atom is -0.494 e. The highest BCUT2D eigenvalue weighted by molar-refractivity contribution is 5.91. The fourth-order valence-electron chi connectivity index (χ4n) is 3.08. The first kappa shape index (κ1) is 20.4. The number of para-hydroxylation sites is 2. The van der Waals surface area contributed by atoms with Gasteiger partial charge in [-0.05, 0) is 43.3 Å². The summed E-state index contributed by atoms with van der Waals surface area (Å²) in [5, 5.41) is 5.77. The Hall–Kier alpha value is -3.35. The van der Waals surface area contributed by atoms with Crippen molar-refractivity contribution in [3.8, 4) is 5.75 Å². The number of hydrogen-bond acceptors (Lipinski definition) is 4. The number of rotatable bonds is 9. The van der Waals surface area contributed by atoms with Crippen LogP contribution in [0.4, 0.5) is 5.69 Å². The van der Waals surface area contributed by atoms with Crippen molar-refractivity contribution < 1.29 is 14.3 Å². The van der Waals surface area contributed by atoms with E-state index in [1.54, 1.807) is 0 Å². The number of ether oxygens (including phenoxy) is 1. The molecule has 3 aromatic rings. The minimum atomic E-state index is -0.142. The van der Waals surface area contributed by atoms with Crippen LogP contribution in [0.1, 0.15) is 26.1 Å². The van der Waals surface area contributed by atoms with E-state index in [1.165, 1.54) is 0 Å². The lowest BCUT2D eigenvalue weighted by atomic mass is 10.3. The molecule has 1 heterocycles. The van der Waals surface area contributed by atoms with E-state index in [-0.39, 0.29) is 18.4 Å². The number of hydrogen-bond donors (Lipinski definition) is 2. The monoisotopic (exact) mass is 394 g/mol. The Morgan fingerprint density at radius 3 is 2.52 bits per heavy atom. The first-order valence-corrected chi connectivity index (χ1v) is 9.84. The first-order chi connectivity index (χ1) is 14.1. The molecule has 0 radical (unpaired) electrons. The average Bonchev–Trinajstić information content (AvgIpc) is 3.07. The van der Waals surface area contributed by atoms with Gasteiger partial charge in [-0.15, -0.1) is 0 Å². The summed E-state index contributed by atoms with van der Waals surface area (Å²) in [5.41, 5.74) is 2.43. The molecule has 1 aromatic heterocycles. The molecule has 0 unspecified atom stereocenters. The van der Waals surface area contributed by atoms with Gasteiger partial charge in [-0.2, -0.15) is 0 Å². The van der Waals surface area contributed by atoms with Crippen molar-refractivity contribution in [2.24, 2.45) is 0 Å². The molecule has 0 saturated heterocycles. The third-order valence-corrected chi connectivity index (χ3v) is 4.48. The van der Waals surface area contributed by atoms with Crippen molar-refractivity contribution in [1.29, 1.82) is 0 Å². The van der Waals surface area contributed by atoms with E-state index in [4.69, 9.17) is 4.74 Å². The van der Waals surface area contributed by atoms with E-state index in [0.717, 1.165) is 22.6 Å². The third kappa shape index (κ3) is 5.34. The van der Waals surface area contributed by atoms with E-state index in [2.05, 4.69) is 15.6 Å². The van der Waals surface area contributed by atoms with Gasteiger partial charge in [0.05, 0.1) is 17.6 Å². The summed E-state index contributed by atoms with van der Waals surface area (Å²) in [6.07, 6.45) is 0.998. The molecule has 0 saturated carbocycles. The number of imidazole rings is 1. The van der Waals surface area contributed by atoms with Crippen LogP contribution in [-0.2, 0) is 22.6 Å². The Morgan fingerprint density at radius 1 is 1.03 bits per heavy atom. The smallest absolute Gasteiger partial charge is 0.244 e. The van der Waals surface area contributed by atoms with Crippen molar-refractivity contribution in [3.05, 3.63) is 54.4 Å². The molecular formula is C22H26N4O3. The lowest BCUT2D eigenvalue weighted by Gasteiger charge is -2.11. The molecule has 0 aliphatic carbocycles. The fourth-order valence-corrected chi connectivity index (χ4v) is 3.08. The van der Waals surface area contributed by atoms with Crippen LogP contribution in [0.15, 0.2) is 48.5 Å². The zero-order chi connectivity index (χ0) is 20.6. The molecular weight excluding hydrogens is 368 g/mol. The number of carbonyl (C=O) groups excluding carboxylic acids is 2. The van der Waals surface area contributed by atoms with Crippen LogP contribution in [0, 0.1) is 0 Å². The topological polar surface area (TPSA) is 85.2 Å². The molecule has 0 fully saturated rings. The van der Waals surface area contributed by atoms with Crippen molar-refractivity contribution >= 4 is 28.5 Å². The number of anilines is 1. The first-order valence-electron chi connectivity index (χ1n) is 9.84. The van der Waals surface area contributed by atoms with E-state index < -0.39 is 0 Å². The molecule has 7 heteroatoms. The van der Waals surface area contributed by atoms with Crippen LogP contribution >= 0.6 is 0 Å². The summed E-state index contributed by atoms with van der Waals surface area (Å²) in [5.74, 6) is 1.39. The maximum absolute atomic E-state index is 12.7. The lowest BCUT2D eigenvalue weighted by molar-refractivity contribution is -0.120. The quantitative estimate of drug-likeness (QED) is 0.584. The molecule has 0 spiro atoms. The van der Waals surface area contributed by atoms with Gasteiger partial charge in [0.15, 0.2) is 0 Å². The number of aromatic nitrogens is 2. The van der Waals surface area contributed by atoms with E-state index in [1.807, 2.05) is 66.9 Å². The molecule has 0 atom stereocenters. The summed E-state index contributed by atoms with van der Waals surface area (Å²) in [6.45, 7) is 4.97. The molecule has 0 aliphatic heterocycles. The van der Waals surface area contributed by atoms with Crippen LogP contribution < -0.4 is 15.4 Å². The second-order valence-electron chi connectivity index (χ2n) is 6.56. The van der Waals surface area contributed by atoms with Crippen molar-refractivity contribution in [2.75, 3.05) is 18.5 Å². The van der Waals surface area contributed by atoms with Crippen molar-refractivity contribution in [2.45, 2.75) is 33.2 Å². The predicted octanol–water partition coefficient (Wildman–Crippen LogP) is 3.14. The Kier molecular flexibility index (Phi) is 6.84. The normalized spacial score (nSPS) is 10.7. The van der Waals surface area contributed by atoms with Gasteiger partial charge in [-0.1, -0.05) is 19.1 Å². The third-order valence-electron chi connectivity index (χ3n) is 4.48. The van der Waals surface area contributed by atoms with Gasteiger partial charge in [0.2, 0.25) is 11.8 Å². The summed E-state index contributed by atoms with van der Waals surface area (Å²) < 4.78 is 7.32. The van der Waals surface area contributed by atoms with E-state index >= 15 is 0 Å². The Labute approximate surface area is 170 Å². The standard InChI is InChI=1S/C22H26N4O3/c1-3-21(27)23-14-13-20-25-18-7-5-6-8-19(18)26(20)15-22(28)24-16-9-11-17(12-10-16)29-4-2/h5-12H,3-4,13-15H2,1-2H3,(H,23,27)(H,24,28). The molecule has 0 aliphatic rings. The second-order valence-corrected chi connectivity index (χ2v) is 6.56. The Morgan fingerprint density at radius 2 is 1.79 bits per heavy atom. The number of amides is 2. The molecule has 3 rings (SSSR count). The van der Waals surface area contributed by atoms with Crippen LogP contribution in [0.2, 0.25) is 0 Å². The fraction of sp³-hybridized carbons (Fsp3) is 0.318. The van der Waals surface area contributed by atoms with E-state index in [9.17, 15) is 9.59 Å². The Balaban J connectivity index is 1.72. The zero-order valence-electron chi connectivity index (χ0n) is 16.8. The van der Waals surface area contributed by atoms with E-state index in [0.29, 0.717) is 31.7 Å². The lowest BCUT2D eigenvalue weighted by Crippen LogP contribution is -2.26. The number of nitrogens with one attached hydrogen (secondary N) is 2. The van der Waals surface area contributed by atoms with Gasteiger partial charge < -0.3 is 19.9 Å². The van der Waals surface area contributed by atoms with Gasteiger partial charge in [-0.3, -0.25) is 9.59 Å². The predicted molar refractivity (Wildman–Crippen MR) is 113 cm³/mol. The SMILES string of the molecule is CCOc1ccc(NC(=O)Cn2c(CCNC(=O)CC)nc3ccccc32)cc1. The van der Waals surface area contributed by atoms with Gasteiger partial charge >= 0.3 is 0 Å². The van der Waals surface area contributed by atoms with Crippen LogP contribution in [-0.4, -0.2) is 34.5 Å². The van der Waals surface area contributed by atoms with Crippen LogP contribution in [0.3, 0.4) is 0 Å². The number of nitrogens with zero attached hydrogens (tertiary/aromatic N) is 2. The van der Waals surface area contributed by atoms with Gasteiger partial charge in [0, 0.05) is 25.1 Å². The summed E-state index contributed by atoms with van der Waals surface area (Å²) in [7, 11) is 0. The highest BCUT2D eigenvalue weighted by Gasteiger charge is 2.14. The highest BCUT2D eigenvalue weighted by Crippen LogP contribution is 2.18. The van der Waals surface area contributed by atoms with Gasteiger partial charge in [0.25, 0.3) is 0 Å². The zero-order valence-corrected chi connectivity index (χ0v) is 16.8. The molecule has 7 nitrogen and oxygen atoms in total. The molecule has 2 amide bonds. The summed E-state index contributed by atoms with van der Waals surface area (Å²) in [6, 6.07) is 15.0. The molecule has 2 N–H and O–H groups in total. The summed E-state index contributed by atoms with van der Waals surface area (Å²) >= 11 is 0. The Bertz CT molecular complexity index is 979. The van der Waals surface area contributed by atoms with Crippen molar-refractivity contribution in [3.63, 3.8) is 0 Å². The van der Waals surface area contributed by atoms with Gasteiger partial charge in [0.1, 0.15) is 18.1 Å². The highest BCUT2D eigenvalue weighted by atomic mass is 16.5. The maximum Gasteiger partial charge on any atom is 0.244 e. The largest absolute Gasteiger partial charge is 0.494 e. The average molecular weight is 394 g/mol. The number of fused-ring (bicyclic) bond motifs is 1. The maximum atomic E-state index is 12.7. The minimum absolute atomic E-state index is 0.000837. The van der Waals surface area contributed by atoms with Crippen molar-refractivity contribution in [1.82, 2.24) is 14.9 Å².